The first-order valence-electron chi connectivity index (χ1n) is 12.4. The lowest BCUT2D eigenvalue weighted by molar-refractivity contribution is -0.144. The summed E-state index contributed by atoms with van der Waals surface area (Å²) < 4.78 is 11.0. The number of carbonyl (C=O) groups is 3. The summed E-state index contributed by atoms with van der Waals surface area (Å²) in [5.41, 5.74) is 0.462. The minimum absolute atomic E-state index is 0.00558. The Morgan fingerprint density at radius 1 is 1.17 bits per heavy atom. The number of amides is 2. The lowest BCUT2D eigenvalue weighted by Gasteiger charge is -2.34. The van der Waals surface area contributed by atoms with Crippen LogP contribution in [0.1, 0.15) is 43.4 Å². The number of methoxy groups -OCH3 is 1. The molecule has 0 bridgehead atoms. The molecule has 0 aliphatic carbocycles. The van der Waals surface area contributed by atoms with Gasteiger partial charge in [-0.3, -0.25) is 14.4 Å². The summed E-state index contributed by atoms with van der Waals surface area (Å²) in [7, 11) is 1.49. The van der Waals surface area contributed by atoms with Crippen LogP contribution in [0.5, 0.6) is 5.75 Å². The van der Waals surface area contributed by atoms with Crippen molar-refractivity contribution in [2.24, 2.45) is 0 Å². The van der Waals surface area contributed by atoms with Crippen molar-refractivity contribution in [1.82, 2.24) is 4.90 Å². The van der Waals surface area contributed by atoms with E-state index >= 15 is 0 Å². The summed E-state index contributed by atoms with van der Waals surface area (Å²) in [5.74, 6) is -1.76. The van der Waals surface area contributed by atoms with Gasteiger partial charge in [-0.1, -0.05) is 31.5 Å². The van der Waals surface area contributed by atoms with Crippen LogP contribution in [-0.4, -0.2) is 60.5 Å². The number of benzene rings is 2. The Kier molecular flexibility index (Phi) is 6.08. The summed E-state index contributed by atoms with van der Waals surface area (Å²) in [6.07, 6.45) is 2.29. The van der Waals surface area contributed by atoms with Crippen molar-refractivity contribution in [3.63, 3.8) is 0 Å². The van der Waals surface area contributed by atoms with Crippen molar-refractivity contribution < 1.29 is 29.0 Å². The minimum atomic E-state index is -1.76. The maximum absolute atomic E-state index is 14.3. The third kappa shape index (κ3) is 3.35. The SMILES string of the molecule is CCCCN1C(=O)[C@@]2(C(=C(O)c3ccc4c(c3)C[C@@H](C)O4)C(=O)C(=O)N2CCOC)c2ccccc21. The zero-order valence-electron chi connectivity index (χ0n) is 20.7. The van der Waals surface area contributed by atoms with E-state index in [-0.39, 0.29) is 30.6 Å². The number of fused-ring (bicyclic) bond motifs is 3. The molecule has 8 nitrogen and oxygen atoms in total. The number of likely N-dealkylation sites (tertiary alicyclic amines) is 1. The molecule has 36 heavy (non-hydrogen) atoms. The van der Waals surface area contributed by atoms with E-state index in [1.165, 1.54) is 12.0 Å². The smallest absolute Gasteiger partial charge is 0.296 e. The van der Waals surface area contributed by atoms with E-state index in [1.807, 2.05) is 26.0 Å². The largest absolute Gasteiger partial charge is 0.507 e. The first-order valence-corrected chi connectivity index (χ1v) is 12.4. The van der Waals surface area contributed by atoms with Gasteiger partial charge in [-0.15, -0.1) is 0 Å². The van der Waals surface area contributed by atoms with Gasteiger partial charge in [0.05, 0.1) is 17.9 Å². The molecule has 2 amide bonds. The number of anilines is 1. The number of aliphatic hydroxyl groups excluding tert-OH is 1. The van der Waals surface area contributed by atoms with Crippen LogP contribution < -0.4 is 9.64 Å². The van der Waals surface area contributed by atoms with Gasteiger partial charge in [0, 0.05) is 37.7 Å². The van der Waals surface area contributed by atoms with Gasteiger partial charge in [0.1, 0.15) is 17.6 Å². The zero-order valence-corrected chi connectivity index (χ0v) is 20.7. The third-order valence-electron chi connectivity index (χ3n) is 7.23. The van der Waals surface area contributed by atoms with Gasteiger partial charge in [-0.05, 0) is 43.2 Å². The van der Waals surface area contributed by atoms with Crippen LogP contribution in [0.25, 0.3) is 5.76 Å². The highest BCUT2D eigenvalue weighted by Crippen LogP contribution is 2.53. The van der Waals surface area contributed by atoms with Gasteiger partial charge in [-0.2, -0.15) is 0 Å². The Bertz CT molecular complexity index is 1280. The number of nitrogens with zero attached hydrogens (tertiary/aromatic N) is 2. The van der Waals surface area contributed by atoms with Gasteiger partial charge in [0.15, 0.2) is 5.54 Å². The first-order chi connectivity index (χ1) is 17.4. The molecule has 188 valence electrons. The number of carbonyl (C=O) groups excluding carboxylic acids is 3. The van der Waals surface area contributed by atoms with Crippen LogP contribution in [0.3, 0.4) is 0 Å². The van der Waals surface area contributed by atoms with Gasteiger partial charge < -0.3 is 24.4 Å². The minimum Gasteiger partial charge on any atom is -0.507 e. The van der Waals surface area contributed by atoms with Crippen molar-refractivity contribution in [2.75, 3.05) is 31.7 Å². The normalized spacial score (nSPS) is 24.0. The lowest BCUT2D eigenvalue weighted by Crippen LogP contribution is -2.52. The van der Waals surface area contributed by atoms with Gasteiger partial charge >= 0.3 is 0 Å². The molecule has 3 aliphatic rings. The number of ether oxygens (including phenoxy) is 2. The van der Waals surface area contributed by atoms with E-state index in [9.17, 15) is 19.5 Å². The third-order valence-corrected chi connectivity index (χ3v) is 7.23. The number of hydrogen-bond acceptors (Lipinski definition) is 6. The summed E-state index contributed by atoms with van der Waals surface area (Å²) >= 11 is 0. The Morgan fingerprint density at radius 2 is 1.94 bits per heavy atom. The number of rotatable bonds is 7. The highest BCUT2D eigenvalue weighted by molar-refractivity contribution is 6.50. The molecule has 1 spiro atoms. The number of unbranched alkanes of at least 4 members (excludes halogenated alkanes) is 1. The fraction of sp³-hybridized carbons (Fsp3) is 0.393. The first kappa shape index (κ1) is 24.1. The molecule has 0 saturated carbocycles. The topological polar surface area (TPSA) is 96.4 Å². The van der Waals surface area contributed by atoms with Crippen LogP contribution in [0, 0.1) is 0 Å². The standard InChI is InChI=1S/C28H30N2O6/c1-4-5-12-29-21-9-7-6-8-20(21)28(27(29)34)23(25(32)26(33)30(28)13-14-35-3)24(31)18-10-11-22-19(16-18)15-17(2)36-22/h6-11,16-17,31H,4-5,12-15H2,1-3H3/t17-,28+/m1/s1. The number of para-hydroxylation sites is 1. The summed E-state index contributed by atoms with van der Waals surface area (Å²) in [4.78, 5) is 44.2. The molecule has 1 saturated heterocycles. The highest BCUT2D eigenvalue weighted by Gasteiger charge is 2.66. The molecule has 2 aromatic carbocycles. The summed E-state index contributed by atoms with van der Waals surface area (Å²) in [6.45, 7) is 4.59. The molecule has 0 radical (unpaired) electrons. The molecule has 1 fully saturated rings. The molecule has 2 atom stereocenters. The Morgan fingerprint density at radius 3 is 2.69 bits per heavy atom. The van der Waals surface area contributed by atoms with Gasteiger partial charge in [-0.25, -0.2) is 0 Å². The molecule has 2 aromatic rings. The Labute approximate surface area is 210 Å². The Balaban J connectivity index is 1.76. The van der Waals surface area contributed by atoms with Gasteiger partial charge in [0.25, 0.3) is 17.6 Å². The second-order valence-electron chi connectivity index (χ2n) is 9.50. The number of aliphatic hydroxyl groups is 1. The van der Waals surface area contributed by atoms with E-state index in [2.05, 4.69) is 0 Å². The van der Waals surface area contributed by atoms with Crippen molar-refractivity contribution in [3.8, 4) is 5.75 Å². The average molecular weight is 491 g/mol. The van der Waals surface area contributed by atoms with E-state index < -0.39 is 23.1 Å². The maximum Gasteiger partial charge on any atom is 0.296 e. The molecule has 1 N–H and O–H groups in total. The number of hydrogen-bond donors (Lipinski definition) is 1. The molecule has 0 unspecified atom stereocenters. The van der Waals surface area contributed by atoms with E-state index in [4.69, 9.17) is 9.47 Å². The quantitative estimate of drug-likeness (QED) is 0.363. The zero-order chi connectivity index (χ0) is 25.6. The number of ketones is 1. The van der Waals surface area contributed by atoms with Crippen molar-refractivity contribution >= 4 is 29.0 Å². The predicted octanol–water partition coefficient (Wildman–Crippen LogP) is 3.38. The molecular formula is C28H30N2O6. The van der Waals surface area contributed by atoms with E-state index in [0.29, 0.717) is 29.8 Å². The van der Waals surface area contributed by atoms with Crippen LogP contribution in [0.2, 0.25) is 0 Å². The van der Waals surface area contributed by atoms with Crippen LogP contribution in [0.15, 0.2) is 48.0 Å². The summed E-state index contributed by atoms with van der Waals surface area (Å²) in [6, 6.07) is 12.4. The van der Waals surface area contributed by atoms with Crippen LogP contribution in [-0.2, 0) is 31.1 Å². The molecule has 8 heteroatoms. The van der Waals surface area contributed by atoms with Crippen molar-refractivity contribution in [1.29, 1.82) is 0 Å². The Hall–Kier alpha value is -3.65. The molecule has 5 rings (SSSR count). The van der Waals surface area contributed by atoms with Crippen molar-refractivity contribution in [2.45, 2.75) is 44.8 Å². The lowest BCUT2D eigenvalue weighted by atomic mass is 9.81. The monoisotopic (exact) mass is 490 g/mol. The van der Waals surface area contributed by atoms with Crippen molar-refractivity contribution in [3.05, 3.63) is 64.7 Å². The summed E-state index contributed by atoms with van der Waals surface area (Å²) in [5, 5.41) is 11.6. The second-order valence-corrected chi connectivity index (χ2v) is 9.50. The molecule has 0 aromatic heterocycles. The maximum atomic E-state index is 14.3. The molecular weight excluding hydrogens is 460 g/mol. The van der Waals surface area contributed by atoms with Crippen LogP contribution in [0.4, 0.5) is 5.69 Å². The fourth-order valence-electron chi connectivity index (χ4n) is 5.60. The fourth-order valence-corrected chi connectivity index (χ4v) is 5.60. The second kappa shape index (κ2) is 9.09. The predicted molar refractivity (Wildman–Crippen MR) is 134 cm³/mol. The van der Waals surface area contributed by atoms with Crippen LogP contribution >= 0.6 is 0 Å². The van der Waals surface area contributed by atoms with E-state index in [0.717, 1.165) is 24.2 Å². The molecule has 3 aliphatic heterocycles. The average Bonchev–Trinajstić information content (AvgIpc) is 3.44. The highest BCUT2D eigenvalue weighted by atomic mass is 16.5. The van der Waals surface area contributed by atoms with Gasteiger partial charge in [0.2, 0.25) is 0 Å². The van der Waals surface area contributed by atoms with E-state index in [1.54, 1.807) is 35.2 Å². The number of Topliss-reactive ketones (excluding diaryl/α,β-unsaturated/α-hetero) is 1. The molecule has 3 heterocycles.